The van der Waals surface area contributed by atoms with E-state index in [-0.39, 0.29) is 24.3 Å². The lowest BCUT2D eigenvalue weighted by Gasteiger charge is -2.31. The van der Waals surface area contributed by atoms with Gasteiger partial charge in [-0.1, -0.05) is 32.9 Å². The first-order valence-corrected chi connectivity index (χ1v) is 8.99. The lowest BCUT2D eigenvalue weighted by atomic mass is 9.87. The number of para-hydroxylation sites is 1. The average Bonchev–Trinajstić information content (AvgIpc) is 2.40. The summed E-state index contributed by atoms with van der Waals surface area (Å²) in [5, 5.41) is 2.71. The molecule has 1 rings (SSSR count). The van der Waals surface area contributed by atoms with Gasteiger partial charge in [0.25, 0.3) is 0 Å². The van der Waals surface area contributed by atoms with Gasteiger partial charge in [-0.2, -0.15) is 0 Å². The summed E-state index contributed by atoms with van der Waals surface area (Å²) in [7, 11) is -3.44. The Bertz CT molecular complexity index is 641. The Morgan fingerprint density at radius 2 is 1.91 bits per heavy atom. The second kappa shape index (κ2) is 7.74. The van der Waals surface area contributed by atoms with Crippen LogP contribution in [0.3, 0.4) is 0 Å². The number of nitrogens with one attached hydrogen (secondary N) is 2. The Balaban J connectivity index is 2.67. The third-order valence-electron chi connectivity index (χ3n) is 3.12. The lowest BCUT2D eigenvalue weighted by molar-refractivity contribution is -0.121. The summed E-state index contributed by atoms with van der Waals surface area (Å²) < 4.78 is 43.1. The molecule has 1 aromatic rings. The van der Waals surface area contributed by atoms with Crippen molar-refractivity contribution in [2.75, 3.05) is 19.4 Å². The number of carbonyl (C=O) groups excluding carboxylic acids is 1. The van der Waals surface area contributed by atoms with Gasteiger partial charge in [-0.25, -0.2) is 17.5 Å². The molecule has 0 aliphatic heterocycles. The maximum absolute atomic E-state index is 13.6. The van der Waals surface area contributed by atoms with Crippen LogP contribution in [0.15, 0.2) is 24.3 Å². The van der Waals surface area contributed by atoms with Crippen LogP contribution in [0.1, 0.15) is 20.8 Å². The van der Waals surface area contributed by atoms with Crippen molar-refractivity contribution in [3.8, 4) is 5.75 Å². The lowest BCUT2D eigenvalue weighted by Crippen LogP contribution is -2.50. The molecule has 0 aromatic heterocycles. The molecule has 0 fully saturated rings. The zero-order chi connectivity index (χ0) is 17.7. The molecule has 2 N–H and O–H groups in total. The topological polar surface area (TPSA) is 84.5 Å². The number of sulfonamides is 1. The van der Waals surface area contributed by atoms with Crippen LogP contribution in [0.5, 0.6) is 5.75 Å². The van der Waals surface area contributed by atoms with E-state index >= 15 is 0 Å². The van der Waals surface area contributed by atoms with Crippen LogP contribution in [-0.4, -0.2) is 39.8 Å². The molecule has 23 heavy (non-hydrogen) atoms. The van der Waals surface area contributed by atoms with E-state index in [1.54, 1.807) is 12.1 Å². The largest absolute Gasteiger partial charge is 0.488 e. The van der Waals surface area contributed by atoms with Crippen LogP contribution in [0.25, 0.3) is 0 Å². The molecule has 1 unspecified atom stereocenters. The van der Waals surface area contributed by atoms with Gasteiger partial charge in [0, 0.05) is 0 Å². The van der Waals surface area contributed by atoms with E-state index in [9.17, 15) is 17.6 Å². The first-order chi connectivity index (χ1) is 10.5. The van der Waals surface area contributed by atoms with Gasteiger partial charge in [-0.3, -0.25) is 4.79 Å². The number of rotatable bonds is 7. The summed E-state index contributed by atoms with van der Waals surface area (Å²) in [5.74, 6) is -0.858. The van der Waals surface area contributed by atoms with Crippen LogP contribution in [0, 0.1) is 11.2 Å². The summed E-state index contributed by atoms with van der Waals surface area (Å²) in [6.07, 6.45) is 0.975. The molecule has 1 amide bonds. The molecule has 0 bridgehead atoms. The van der Waals surface area contributed by atoms with E-state index in [2.05, 4.69) is 10.0 Å². The van der Waals surface area contributed by atoms with Gasteiger partial charge in [0.2, 0.25) is 15.9 Å². The van der Waals surface area contributed by atoms with Crippen molar-refractivity contribution in [2.24, 2.45) is 5.41 Å². The summed E-state index contributed by atoms with van der Waals surface area (Å²) >= 11 is 0. The first-order valence-electron chi connectivity index (χ1n) is 7.10. The van der Waals surface area contributed by atoms with Crippen molar-refractivity contribution < 1.29 is 22.3 Å². The molecule has 0 aliphatic carbocycles. The normalized spacial score (nSPS) is 13.4. The van der Waals surface area contributed by atoms with Crippen molar-refractivity contribution in [3.63, 3.8) is 0 Å². The molecule has 0 aliphatic rings. The van der Waals surface area contributed by atoms with E-state index in [0.29, 0.717) is 0 Å². The van der Waals surface area contributed by atoms with Crippen molar-refractivity contribution in [3.05, 3.63) is 30.1 Å². The van der Waals surface area contributed by atoms with Crippen molar-refractivity contribution in [2.45, 2.75) is 26.8 Å². The first kappa shape index (κ1) is 19.4. The number of amides is 1. The SMILES string of the molecule is CC(C)(C)C(COc1ccccc1F)NC(=O)CNS(C)(=O)=O. The number of hydrogen-bond acceptors (Lipinski definition) is 4. The smallest absolute Gasteiger partial charge is 0.235 e. The van der Waals surface area contributed by atoms with E-state index in [1.165, 1.54) is 12.1 Å². The van der Waals surface area contributed by atoms with Crippen LogP contribution in [-0.2, 0) is 14.8 Å². The number of ether oxygens (including phenoxy) is 1. The average molecular weight is 346 g/mol. The molecule has 0 radical (unpaired) electrons. The minimum atomic E-state index is -3.44. The molecular formula is C15H23FN2O4S. The summed E-state index contributed by atoms with van der Waals surface area (Å²) in [6, 6.07) is 5.58. The van der Waals surface area contributed by atoms with E-state index in [1.807, 2.05) is 20.8 Å². The van der Waals surface area contributed by atoms with Gasteiger partial charge in [0.15, 0.2) is 11.6 Å². The van der Waals surface area contributed by atoms with E-state index < -0.39 is 27.8 Å². The second-order valence-electron chi connectivity index (χ2n) is 6.32. The van der Waals surface area contributed by atoms with Gasteiger partial charge in [-0.05, 0) is 17.5 Å². The van der Waals surface area contributed by atoms with Gasteiger partial charge in [0.1, 0.15) is 6.61 Å². The number of carbonyl (C=O) groups is 1. The van der Waals surface area contributed by atoms with Gasteiger partial charge in [-0.15, -0.1) is 0 Å². The highest BCUT2D eigenvalue weighted by atomic mass is 32.2. The van der Waals surface area contributed by atoms with Crippen LogP contribution in [0.2, 0.25) is 0 Å². The number of benzene rings is 1. The minimum Gasteiger partial charge on any atom is -0.488 e. The molecule has 6 nitrogen and oxygen atoms in total. The Morgan fingerprint density at radius 3 is 2.43 bits per heavy atom. The van der Waals surface area contributed by atoms with Crippen LogP contribution >= 0.6 is 0 Å². The number of hydrogen-bond donors (Lipinski definition) is 2. The molecular weight excluding hydrogens is 323 g/mol. The Labute approximate surface area is 136 Å². The molecule has 0 saturated heterocycles. The van der Waals surface area contributed by atoms with Crippen LogP contribution < -0.4 is 14.8 Å². The zero-order valence-corrected chi connectivity index (χ0v) is 14.5. The quantitative estimate of drug-likeness (QED) is 0.779. The number of halogens is 1. The van der Waals surface area contributed by atoms with Gasteiger partial charge in [0.05, 0.1) is 18.8 Å². The fraction of sp³-hybridized carbons (Fsp3) is 0.533. The monoisotopic (exact) mass is 346 g/mol. The molecule has 0 spiro atoms. The molecule has 0 saturated carbocycles. The minimum absolute atomic E-state index is 0.0645. The molecule has 1 aromatic carbocycles. The second-order valence-corrected chi connectivity index (χ2v) is 8.15. The molecule has 8 heteroatoms. The Morgan fingerprint density at radius 1 is 1.30 bits per heavy atom. The standard InChI is InChI=1S/C15H23FN2O4S/c1-15(2,3)13(18-14(19)9-17-23(4,20)21)10-22-12-8-6-5-7-11(12)16/h5-8,13,17H,9-10H2,1-4H3,(H,18,19). The van der Waals surface area contributed by atoms with Gasteiger partial charge < -0.3 is 10.1 Å². The molecule has 1 atom stereocenters. The van der Waals surface area contributed by atoms with Crippen molar-refractivity contribution >= 4 is 15.9 Å². The maximum atomic E-state index is 13.6. The zero-order valence-electron chi connectivity index (χ0n) is 13.7. The van der Waals surface area contributed by atoms with Crippen molar-refractivity contribution in [1.82, 2.24) is 10.0 Å². The molecule has 130 valence electrons. The Kier molecular flexibility index (Phi) is 6.52. The Hall–Kier alpha value is -1.67. The highest BCUT2D eigenvalue weighted by Gasteiger charge is 2.27. The predicted octanol–water partition coefficient (Wildman–Crippen LogP) is 1.28. The van der Waals surface area contributed by atoms with Crippen molar-refractivity contribution in [1.29, 1.82) is 0 Å². The third-order valence-corrected chi connectivity index (χ3v) is 3.79. The van der Waals surface area contributed by atoms with E-state index in [0.717, 1.165) is 6.26 Å². The predicted molar refractivity (Wildman–Crippen MR) is 86.1 cm³/mol. The summed E-state index contributed by atoms with van der Waals surface area (Å²) in [4.78, 5) is 11.9. The fourth-order valence-electron chi connectivity index (χ4n) is 1.69. The summed E-state index contributed by atoms with van der Waals surface area (Å²) in [5.41, 5.74) is -0.355. The van der Waals surface area contributed by atoms with Gasteiger partial charge >= 0.3 is 0 Å². The highest BCUT2D eigenvalue weighted by Crippen LogP contribution is 2.22. The van der Waals surface area contributed by atoms with Crippen LogP contribution in [0.4, 0.5) is 4.39 Å². The third kappa shape index (κ3) is 7.43. The fourth-order valence-corrected chi connectivity index (χ4v) is 2.08. The highest BCUT2D eigenvalue weighted by molar-refractivity contribution is 7.88. The molecule has 0 heterocycles. The summed E-state index contributed by atoms with van der Waals surface area (Å²) in [6.45, 7) is 5.39. The van der Waals surface area contributed by atoms with E-state index in [4.69, 9.17) is 4.74 Å². The maximum Gasteiger partial charge on any atom is 0.235 e.